The molecule has 3 aromatic rings. The summed E-state index contributed by atoms with van der Waals surface area (Å²) in [6, 6.07) is 22.0. The second kappa shape index (κ2) is 7.73. The van der Waals surface area contributed by atoms with Crippen molar-refractivity contribution in [3.8, 4) is 0 Å². The van der Waals surface area contributed by atoms with Gasteiger partial charge in [0.2, 0.25) is 0 Å². The summed E-state index contributed by atoms with van der Waals surface area (Å²) in [4.78, 5) is 11.2. The van der Waals surface area contributed by atoms with Crippen LogP contribution in [0.3, 0.4) is 0 Å². The van der Waals surface area contributed by atoms with E-state index in [1.165, 1.54) is 12.1 Å². The van der Waals surface area contributed by atoms with Gasteiger partial charge in [0.15, 0.2) is 0 Å². The Hall–Kier alpha value is -2.96. The van der Waals surface area contributed by atoms with Crippen LogP contribution in [0.25, 0.3) is 0 Å². The lowest BCUT2D eigenvalue weighted by Crippen LogP contribution is -2.16. The quantitative estimate of drug-likeness (QED) is 0.647. The van der Waals surface area contributed by atoms with Crippen molar-refractivity contribution in [3.05, 3.63) is 101 Å². The third-order valence-corrected chi connectivity index (χ3v) is 5.40. The summed E-state index contributed by atoms with van der Waals surface area (Å²) in [6.07, 6.45) is -0.889. The highest BCUT2D eigenvalue weighted by atomic mass is 32.2. The molecule has 3 aromatic carbocycles. The molecule has 0 atom stereocenters. The Labute approximate surface area is 158 Å². The molecule has 0 aliphatic heterocycles. The second-order valence-electron chi connectivity index (χ2n) is 6.06. The lowest BCUT2D eigenvalue weighted by Gasteiger charge is -2.19. The van der Waals surface area contributed by atoms with Gasteiger partial charge in [-0.1, -0.05) is 72.3 Å². The number of hydrogen-bond acceptors (Lipinski definition) is 4. The number of carboxylic acids is 1. The molecule has 0 heterocycles. The van der Waals surface area contributed by atoms with Gasteiger partial charge < -0.3 is 5.11 Å². The first-order valence-corrected chi connectivity index (χ1v) is 9.66. The van der Waals surface area contributed by atoms with Gasteiger partial charge in [0, 0.05) is 0 Å². The molecule has 0 bridgehead atoms. The molecule has 0 amide bonds. The van der Waals surface area contributed by atoms with Crippen molar-refractivity contribution in [2.24, 2.45) is 0 Å². The Morgan fingerprint density at radius 3 is 1.89 bits per heavy atom. The number of benzene rings is 3. The molecule has 0 saturated carbocycles. The average Bonchev–Trinajstić information content (AvgIpc) is 2.67. The molecule has 0 spiro atoms. The number of hydrogen-bond donors (Lipinski definition) is 1. The van der Waals surface area contributed by atoms with Crippen molar-refractivity contribution in [2.45, 2.75) is 17.9 Å². The maximum atomic E-state index is 12.9. The standard InChI is InChI=1S/C21H18O5S/c1-15-12-13-19(18(14-15)21(22)23)27(24,25)26-20(16-8-4-2-5-9-16)17-10-6-3-7-11-17/h2-14,20H,1H3,(H,22,23). The topological polar surface area (TPSA) is 80.7 Å². The van der Waals surface area contributed by atoms with E-state index in [1.54, 1.807) is 61.5 Å². The van der Waals surface area contributed by atoms with E-state index in [0.717, 1.165) is 0 Å². The highest BCUT2D eigenvalue weighted by Gasteiger charge is 2.28. The molecule has 0 aliphatic rings. The Morgan fingerprint density at radius 1 is 0.889 bits per heavy atom. The van der Waals surface area contributed by atoms with Crippen LogP contribution in [0.15, 0.2) is 83.8 Å². The number of rotatable bonds is 6. The van der Waals surface area contributed by atoms with Crippen LogP contribution in [-0.4, -0.2) is 19.5 Å². The van der Waals surface area contributed by atoms with E-state index in [-0.39, 0.29) is 10.5 Å². The normalized spacial score (nSPS) is 11.5. The molecule has 3 rings (SSSR count). The van der Waals surface area contributed by atoms with Gasteiger partial charge in [-0.05, 0) is 30.2 Å². The van der Waals surface area contributed by atoms with Gasteiger partial charge in [-0.3, -0.25) is 4.18 Å². The molecule has 6 heteroatoms. The van der Waals surface area contributed by atoms with E-state index in [4.69, 9.17) is 4.18 Å². The number of aryl methyl sites for hydroxylation is 1. The molecule has 0 unspecified atom stereocenters. The van der Waals surface area contributed by atoms with Crippen molar-refractivity contribution < 1.29 is 22.5 Å². The first-order valence-electron chi connectivity index (χ1n) is 8.25. The van der Waals surface area contributed by atoms with Gasteiger partial charge in [0.1, 0.15) is 11.0 Å². The van der Waals surface area contributed by atoms with Gasteiger partial charge in [-0.2, -0.15) is 8.42 Å². The molecule has 0 fully saturated rings. The Kier molecular flexibility index (Phi) is 5.39. The Balaban J connectivity index is 2.08. The van der Waals surface area contributed by atoms with Crippen molar-refractivity contribution >= 4 is 16.1 Å². The number of carbonyl (C=O) groups is 1. The fraction of sp³-hybridized carbons (Fsp3) is 0.0952. The van der Waals surface area contributed by atoms with Crippen molar-refractivity contribution in [3.63, 3.8) is 0 Å². The van der Waals surface area contributed by atoms with E-state index in [0.29, 0.717) is 16.7 Å². The van der Waals surface area contributed by atoms with Crippen LogP contribution in [-0.2, 0) is 14.3 Å². The smallest absolute Gasteiger partial charge is 0.337 e. The fourth-order valence-electron chi connectivity index (χ4n) is 2.77. The van der Waals surface area contributed by atoms with E-state index in [9.17, 15) is 18.3 Å². The van der Waals surface area contributed by atoms with Gasteiger partial charge >= 0.3 is 5.97 Å². The zero-order chi connectivity index (χ0) is 19.4. The lowest BCUT2D eigenvalue weighted by molar-refractivity contribution is 0.0691. The van der Waals surface area contributed by atoms with Crippen LogP contribution in [0.2, 0.25) is 0 Å². The summed E-state index contributed by atoms with van der Waals surface area (Å²) >= 11 is 0. The maximum absolute atomic E-state index is 12.9. The van der Waals surface area contributed by atoms with Gasteiger partial charge in [0.25, 0.3) is 10.1 Å². The first kappa shape index (κ1) is 18.8. The zero-order valence-corrected chi connectivity index (χ0v) is 15.4. The molecule has 1 N–H and O–H groups in total. The predicted molar refractivity (Wildman–Crippen MR) is 101 cm³/mol. The lowest BCUT2D eigenvalue weighted by atomic mass is 10.0. The summed E-state index contributed by atoms with van der Waals surface area (Å²) in [5, 5.41) is 9.40. The monoisotopic (exact) mass is 382 g/mol. The fourth-order valence-corrected chi connectivity index (χ4v) is 4.00. The number of aromatic carboxylic acids is 1. The number of carboxylic acid groups (broad SMARTS) is 1. The minimum absolute atomic E-state index is 0.310. The third kappa shape index (κ3) is 4.24. The molecular formula is C21H18O5S. The SMILES string of the molecule is Cc1ccc(S(=O)(=O)OC(c2ccccc2)c2ccccc2)c(C(=O)O)c1. The minimum Gasteiger partial charge on any atom is -0.478 e. The van der Waals surface area contributed by atoms with Crippen molar-refractivity contribution in [2.75, 3.05) is 0 Å². The molecule has 138 valence electrons. The van der Waals surface area contributed by atoms with E-state index >= 15 is 0 Å². The molecule has 0 radical (unpaired) electrons. The molecular weight excluding hydrogens is 364 g/mol. The van der Waals surface area contributed by atoms with Crippen LogP contribution in [0.4, 0.5) is 0 Å². The summed E-state index contributed by atoms with van der Waals surface area (Å²) in [5.41, 5.74) is 1.64. The van der Waals surface area contributed by atoms with Crippen molar-refractivity contribution in [1.82, 2.24) is 0 Å². The second-order valence-corrected chi connectivity index (χ2v) is 7.60. The molecule has 27 heavy (non-hydrogen) atoms. The molecule has 0 saturated heterocycles. The van der Waals surface area contributed by atoms with Crippen molar-refractivity contribution in [1.29, 1.82) is 0 Å². The molecule has 0 aliphatic carbocycles. The first-order chi connectivity index (χ1) is 12.9. The van der Waals surface area contributed by atoms with Gasteiger partial charge in [-0.25, -0.2) is 4.79 Å². The van der Waals surface area contributed by atoms with Crippen LogP contribution in [0, 0.1) is 6.92 Å². The van der Waals surface area contributed by atoms with Crippen LogP contribution < -0.4 is 0 Å². The van der Waals surface area contributed by atoms with E-state index in [1.807, 2.05) is 12.1 Å². The van der Waals surface area contributed by atoms with Crippen LogP contribution in [0.5, 0.6) is 0 Å². The summed E-state index contributed by atoms with van der Waals surface area (Å²) in [6.45, 7) is 1.69. The highest BCUT2D eigenvalue weighted by molar-refractivity contribution is 7.86. The van der Waals surface area contributed by atoms with E-state index in [2.05, 4.69) is 0 Å². The summed E-state index contributed by atoms with van der Waals surface area (Å²) in [7, 11) is -4.33. The maximum Gasteiger partial charge on any atom is 0.337 e. The largest absolute Gasteiger partial charge is 0.478 e. The predicted octanol–water partition coefficient (Wildman–Crippen LogP) is 4.19. The van der Waals surface area contributed by atoms with Crippen LogP contribution >= 0.6 is 0 Å². The highest BCUT2D eigenvalue weighted by Crippen LogP contribution is 2.31. The summed E-state index contributed by atoms with van der Waals surface area (Å²) in [5.74, 6) is -1.32. The Bertz CT molecular complexity index is 1000. The minimum atomic E-state index is -4.33. The Morgan fingerprint density at radius 2 is 1.41 bits per heavy atom. The molecule has 0 aromatic heterocycles. The summed E-state index contributed by atoms with van der Waals surface area (Å²) < 4.78 is 31.4. The van der Waals surface area contributed by atoms with Gasteiger partial charge in [0.05, 0.1) is 5.56 Å². The van der Waals surface area contributed by atoms with Crippen LogP contribution in [0.1, 0.15) is 33.2 Å². The zero-order valence-electron chi connectivity index (χ0n) is 14.6. The van der Waals surface area contributed by atoms with E-state index < -0.39 is 22.2 Å². The van der Waals surface area contributed by atoms with Gasteiger partial charge in [-0.15, -0.1) is 0 Å². The average molecular weight is 382 g/mol. The molecule has 5 nitrogen and oxygen atoms in total. The third-order valence-electron chi connectivity index (χ3n) is 4.06.